The molecule has 0 bridgehead atoms. The number of aryl methyl sites for hydroxylation is 1. The summed E-state index contributed by atoms with van der Waals surface area (Å²) in [6.45, 7) is 3.53. The lowest BCUT2D eigenvalue weighted by atomic mass is 10.1. The molecule has 1 aromatic rings. The molecule has 4 heteroatoms. The average molecular weight is 184 g/mol. The number of benzene rings is 1. The Morgan fingerprint density at radius 1 is 1.25 bits per heavy atom. The Kier molecular flexibility index (Phi) is 2.21. The second-order valence-electron chi connectivity index (χ2n) is 2.70. The second-order valence-corrected chi connectivity index (χ2v) is 4.15. The summed E-state index contributed by atoms with van der Waals surface area (Å²) in [5, 5.41) is 6.88. The highest BCUT2D eigenvalue weighted by Crippen LogP contribution is 2.16. The van der Waals surface area contributed by atoms with Crippen LogP contribution in [0.1, 0.15) is 11.1 Å². The van der Waals surface area contributed by atoms with E-state index >= 15 is 0 Å². The lowest BCUT2D eigenvalue weighted by Gasteiger charge is -2.04. The first-order valence-electron chi connectivity index (χ1n) is 3.49. The minimum atomic E-state index is -3.81. The Morgan fingerprint density at radius 2 is 1.83 bits per heavy atom. The first kappa shape index (κ1) is 9.22. The minimum absolute atomic E-state index is 0.0995. The minimum Gasteiger partial charge on any atom is -0.206 e. The maximum atomic E-state index is 10.9. The van der Waals surface area contributed by atoms with E-state index in [9.17, 15) is 8.42 Å². The van der Waals surface area contributed by atoms with Crippen molar-refractivity contribution in [2.45, 2.75) is 18.7 Å². The maximum absolute atomic E-state index is 10.9. The van der Waals surface area contributed by atoms with Crippen LogP contribution >= 0.6 is 0 Å². The Morgan fingerprint density at radius 3 is 2.25 bits per heavy atom. The van der Waals surface area contributed by atoms with Crippen molar-refractivity contribution in [3.63, 3.8) is 0 Å². The summed E-state index contributed by atoms with van der Waals surface area (Å²) >= 11 is 0. The van der Waals surface area contributed by atoms with Crippen molar-refractivity contribution >= 4 is 10.0 Å². The lowest BCUT2D eigenvalue weighted by Crippen LogP contribution is -2.03. The van der Waals surface area contributed by atoms with Crippen molar-refractivity contribution in [1.82, 2.24) is 5.14 Å². The molecule has 12 heavy (non-hydrogen) atoms. The van der Waals surface area contributed by atoms with Crippen LogP contribution in [0.2, 0.25) is 0 Å². The Bertz CT molecular complexity index is 396. The number of rotatable bonds is 1. The van der Waals surface area contributed by atoms with E-state index in [4.69, 9.17) is 5.14 Å². The highest BCUT2D eigenvalue weighted by atomic mass is 32.2. The fraction of sp³-hybridized carbons (Fsp3) is 0.250. The molecule has 0 heterocycles. The van der Waals surface area contributed by atoms with Crippen LogP contribution in [-0.2, 0) is 10.0 Å². The van der Waals surface area contributed by atoms with E-state index in [1.54, 1.807) is 13.0 Å². The fourth-order valence-electron chi connectivity index (χ4n) is 1.02. The van der Waals surface area contributed by atoms with Crippen molar-refractivity contribution in [3.05, 3.63) is 29.3 Å². The van der Waals surface area contributed by atoms with Crippen molar-refractivity contribution in [1.29, 1.82) is 0 Å². The molecule has 0 amide bonds. The predicted octanol–water partition coefficient (Wildman–Crippen LogP) is 1.28. The first-order chi connectivity index (χ1) is 5.43. The van der Waals surface area contributed by atoms with Crippen molar-refractivity contribution in [2.24, 2.45) is 0 Å². The van der Waals surface area contributed by atoms with Crippen LogP contribution in [0.25, 0.3) is 0 Å². The topological polar surface area (TPSA) is 57.9 Å². The summed E-state index contributed by atoms with van der Waals surface area (Å²) in [5.41, 5.74) is 1.55. The molecule has 1 radical (unpaired) electrons. The molecule has 1 aromatic carbocycles. The average Bonchev–Trinajstić information content (AvgIpc) is 1.92. The predicted molar refractivity (Wildman–Crippen MR) is 46.2 cm³/mol. The molecule has 0 saturated heterocycles. The molecule has 0 aliphatic heterocycles. The standard InChI is InChI=1S/C8H10NO2S/c1-6-4-3-5-8(7(6)2)12(9,10)11/h3-5,9H,1-2H3. The Labute approximate surface area is 72.3 Å². The van der Waals surface area contributed by atoms with E-state index in [0.717, 1.165) is 5.56 Å². The van der Waals surface area contributed by atoms with E-state index in [-0.39, 0.29) is 4.90 Å². The van der Waals surface area contributed by atoms with Crippen LogP contribution in [-0.4, -0.2) is 8.42 Å². The zero-order valence-corrected chi connectivity index (χ0v) is 7.77. The summed E-state index contributed by atoms with van der Waals surface area (Å²) in [4.78, 5) is 0.0995. The van der Waals surface area contributed by atoms with Gasteiger partial charge in [-0.1, -0.05) is 12.1 Å². The number of hydrogen-bond acceptors (Lipinski definition) is 2. The third-order valence-corrected chi connectivity index (χ3v) is 2.87. The summed E-state index contributed by atoms with van der Waals surface area (Å²) in [5.74, 6) is 0. The van der Waals surface area contributed by atoms with Gasteiger partial charge in [0.15, 0.2) is 0 Å². The molecule has 0 aliphatic carbocycles. The van der Waals surface area contributed by atoms with E-state index in [1.807, 2.05) is 13.0 Å². The van der Waals surface area contributed by atoms with Gasteiger partial charge in [-0.3, -0.25) is 0 Å². The fourth-order valence-corrected chi connectivity index (χ4v) is 1.84. The summed E-state index contributed by atoms with van der Waals surface area (Å²) in [7, 11) is -3.81. The van der Waals surface area contributed by atoms with Gasteiger partial charge in [-0.2, -0.15) is 0 Å². The molecular formula is C8H10NO2S. The Hall–Kier alpha value is -0.870. The van der Waals surface area contributed by atoms with E-state index < -0.39 is 10.0 Å². The molecule has 3 nitrogen and oxygen atoms in total. The molecule has 1 rings (SSSR count). The monoisotopic (exact) mass is 184 g/mol. The van der Waals surface area contributed by atoms with Gasteiger partial charge in [0, 0.05) is 0 Å². The largest absolute Gasteiger partial charge is 0.254 e. The maximum Gasteiger partial charge on any atom is 0.254 e. The van der Waals surface area contributed by atoms with Gasteiger partial charge < -0.3 is 0 Å². The van der Waals surface area contributed by atoms with Gasteiger partial charge in [0.1, 0.15) is 0 Å². The highest BCUT2D eigenvalue weighted by molar-refractivity contribution is 7.88. The van der Waals surface area contributed by atoms with Gasteiger partial charge >= 0.3 is 0 Å². The van der Waals surface area contributed by atoms with E-state index in [0.29, 0.717) is 5.56 Å². The lowest BCUT2D eigenvalue weighted by molar-refractivity contribution is 0.595. The molecule has 0 aromatic heterocycles. The molecule has 65 valence electrons. The zero-order chi connectivity index (χ0) is 9.35. The molecule has 1 N–H and O–H groups in total. The third-order valence-electron chi connectivity index (χ3n) is 1.84. The third kappa shape index (κ3) is 1.65. The van der Waals surface area contributed by atoms with E-state index in [2.05, 4.69) is 0 Å². The van der Waals surface area contributed by atoms with Gasteiger partial charge in [-0.15, -0.1) is 5.14 Å². The molecule has 0 unspecified atom stereocenters. The zero-order valence-electron chi connectivity index (χ0n) is 6.96. The van der Waals surface area contributed by atoms with Crippen LogP contribution in [0.4, 0.5) is 0 Å². The molecule has 0 saturated carbocycles. The normalized spacial score (nSPS) is 11.6. The molecule has 0 atom stereocenters. The summed E-state index contributed by atoms with van der Waals surface area (Å²) < 4.78 is 21.7. The van der Waals surface area contributed by atoms with Gasteiger partial charge in [-0.25, -0.2) is 8.42 Å². The van der Waals surface area contributed by atoms with Gasteiger partial charge in [-0.05, 0) is 31.0 Å². The second kappa shape index (κ2) is 2.88. The smallest absolute Gasteiger partial charge is 0.206 e. The van der Waals surface area contributed by atoms with Crippen LogP contribution in [0.15, 0.2) is 23.1 Å². The number of nitrogens with one attached hydrogen (secondary N) is 1. The van der Waals surface area contributed by atoms with Crippen molar-refractivity contribution in [2.75, 3.05) is 0 Å². The van der Waals surface area contributed by atoms with Crippen LogP contribution in [0, 0.1) is 13.8 Å². The van der Waals surface area contributed by atoms with Crippen LogP contribution in [0.3, 0.4) is 0 Å². The number of hydrogen-bond donors (Lipinski definition) is 0. The summed E-state index contributed by atoms with van der Waals surface area (Å²) in [6, 6.07) is 4.92. The molecule has 0 spiro atoms. The van der Waals surface area contributed by atoms with Crippen molar-refractivity contribution < 1.29 is 8.42 Å². The van der Waals surface area contributed by atoms with E-state index in [1.165, 1.54) is 6.07 Å². The van der Waals surface area contributed by atoms with Gasteiger partial charge in [0.25, 0.3) is 10.0 Å². The molecule has 0 fully saturated rings. The van der Waals surface area contributed by atoms with Crippen molar-refractivity contribution in [3.8, 4) is 0 Å². The Balaban J connectivity index is 3.47. The molecule has 0 aliphatic rings. The van der Waals surface area contributed by atoms with Crippen LogP contribution < -0.4 is 5.14 Å². The molecular weight excluding hydrogens is 174 g/mol. The SMILES string of the molecule is Cc1cccc(S([NH])(=O)=O)c1C. The van der Waals surface area contributed by atoms with Gasteiger partial charge in [0.05, 0.1) is 4.90 Å². The highest BCUT2D eigenvalue weighted by Gasteiger charge is 2.12. The van der Waals surface area contributed by atoms with Gasteiger partial charge in [0.2, 0.25) is 0 Å². The quantitative estimate of drug-likeness (QED) is 0.660. The van der Waals surface area contributed by atoms with Crippen LogP contribution in [0.5, 0.6) is 0 Å². The first-order valence-corrected chi connectivity index (χ1v) is 4.97. The summed E-state index contributed by atoms with van der Waals surface area (Å²) in [6.07, 6.45) is 0. The number of sulfonamides is 1.